The molecule has 1 N–H and O–H groups in total. The Morgan fingerprint density at radius 3 is 1.75 bits per heavy atom. The third kappa shape index (κ3) is 2350. The first kappa shape index (κ1) is 8.98. The number of aliphatic hydroxyl groups is 1. The van der Waals surface area contributed by atoms with Crippen LogP contribution in [-0.4, -0.2) is 5.11 Å². The number of hydrogen-bond acceptors (Lipinski definition) is 2. The van der Waals surface area contributed by atoms with Gasteiger partial charge in [0.15, 0.2) is 0 Å². The maximum absolute atomic E-state index is 6.88. The topological polar surface area (TPSA) is 44.0 Å². The van der Waals surface area contributed by atoms with E-state index in [0.717, 1.165) is 6.26 Å². The summed E-state index contributed by atoms with van der Waals surface area (Å²) in [6.07, 6.45) is 0.750. The molecule has 0 aliphatic rings. The van der Waals surface area contributed by atoms with Crippen molar-refractivity contribution in [3.63, 3.8) is 0 Å². The van der Waals surface area contributed by atoms with Crippen LogP contribution in [0.15, 0.2) is 0 Å². The van der Waals surface area contributed by atoms with Gasteiger partial charge in [-0.25, -0.2) is 0 Å². The summed E-state index contributed by atoms with van der Waals surface area (Å²) >= 11 is 0. The van der Waals surface area contributed by atoms with Crippen molar-refractivity contribution >= 4 is 0 Å². The second kappa shape index (κ2) is 11.8. The third-order valence-corrected chi connectivity index (χ3v) is 0. The van der Waals surface area contributed by atoms with Gasteiger partial charge in [0.05, 0.1) is 0 Å². The molecule has 0 amide bonds. The Morgan fingerprint density at radius 2 is 1.75 bits per heavy atom. The molecule has 0 bridgehead atoms. The summed E-state index contributed by atoms with van der Waals surface area (Å²) in [6.45, 7) is 0. The molecule has 0 spiro atoms. The zero-order valence-electron chi connectivity index (χ0n) is 1.70. The molecule has 3 heteroatoms. The predicted octanol–water partition coefficient (Wildman–Crippen LogP) is -0.163. The summed E-state index contributed by atoms with van der Waals surface area (Å²) < 4.78 is 0. The van der Waals surface area contributed by atoms with Gasteiger partial charge >= 0.3 is 0 Å². The number of aliphatic hydroxyl groups excluding tert-OH is 1. The Hall–Kier alpha value is 0.0303. The molecule has 0 aliphatic heterocycles. The van der Waals surface area contributed by atoms with E-state index in [9.17, 15) is 0 Å². The second-order valence-corrected chi connectivity index (χ2v) is 0.100. The standard InChI is InChI=1S/CHNO.Au/c2-1-3;/h3H;. The van der Waals surface area contributed by atoms with Crippen LogP contribution in [0.5, 0.6) is 0 Å². The molecule has 0 heterocycles. The van der Waals surface area contributed by atoms with E-state index in [1.54, 1.807) is 0 Å². The molecule has 0 unspecified atom stereocenters. The Morgan fingerprint density at radius 1 is 1.75 bits per heavy atom. The molecular weight excluding hydrogens is 239 g/mol. The van der Waals surface area contributed by atoms with Crippen LogP contribution in [0.3, 0.4) is 0 Å². The molecule has 0 saturated heterocycles. The number of hydrogen-bond donors (Lipinski definition) is 1. The second-order valence-electron chi connectivity index (χ2n) is 0.100. The van der Waals surface area contributed by atoms with Gasteiger partial charge in [0.2, 0.25) is 0 Å². The van der Waals surface area contributed by atoms with Crippen molar-refractivity contribution < 1.29 is 27.5 Å². The van der Waals surface area contributed by atoms with Crippen LogP contribution in [0.1, 0.15) is 0 Å². The van der Waals surface area contributed by atoms with E-state index in [4.69, 9.17) is 10.4 Å². The molecule has 2 nitrogen and oxygen atoms in total. The van der Waals surface area contributed by atoms with Crippen molar-refractivity contribution in [2.45, 2.75) is 0 Å². The summed E-state index contributed by atoms with van der Waals surface area (Å²) in [5, 5.41) is 13.8. The molecule has 0 aliphatic carbocycles. The normalized spacial score (nSPS) is 1.75. The van der Waals surface area contributed by atoms with Crippen molar-refractivity contribution in [2.75, 3.05) is 0 Å². The molecule has 0 aromatic carbocycles. The summed E-state index contributed by atoms with van der Waals surface area (Å²) in [4.78, 5) is 0. The van der Waals surface area contributed by atoms with Gasteiger partial charge in [-0.15, -0.1) is 0 Å². The van der Waals surface area contributed by atoms with E-state index < -0.39 is 0 Å². The van der Waals surface area contributed by atoms with Crippen LogP contribution in [0.2, 0.25) is 0 Å². The van der Waals surface area contributed by atoms with Crippen molar-refractivity contribution in [1.29, 1.82) is 5.26 Å². The zero-order chi connectivity index (χ0) is 2.71. The van der Waals surface area contributed by atoms with Gasteiger partial charge in [0.1, 0.15) is 0 Å². The van der Waals surface area contributed by atoms with Gasteiger partial charge < -0.3 is 5.11 Å². The van der Waals surface area contributed by atoms with Crippen LogP contribution >= 0.6 is 0 Å². The van der Waals surface area contributed by atoms with Crippen LogP contribution in [-0.2, 0) is 22.4 Å². The van der Waals surface area contributed by atoms with E-state index in [1.807, 2.05) is 0 Å². The quantitative estimate of drug-likeness (QED) is 0.472. The van der Waals surface area contributed by atoms with E-state index >= 15 is 0 Å². The summed E-state index contributed by atoms with van der Waals surface area (Å²) in [7, 11) is 0. The largest absolute Gasteiger partial charge is 0.443 e. The van der Waals surface area contributed by atoms with Gasteiger partial charge in [-0.2, -0.15) is 5.26 Å². The molecular formula is CHAuNO. The third-order valence-electron chi connectivity index (χ3n) is 0. The fourth-order valence-electron chi connectivity index (χ4n) is 0. The molecule has 0 saturated carbocycles. The Kier molecular flexibility index (Phi) is 26.4. The Labute approximate surface area is 39.6 Å². The fraction of sp³-hybridized carbons (Fsp3) is 0. The van der Waals surface area contributed by atoms with Gasteiger partial charge in [0, 0.05) is 22.4 Å². The number of rotatable bonds is 0. The number of nitrogens with zero attached hydrogens (tertiary/aromatic N) is 1. The van der Waals surface area contributed by atoms with Gasteiger partial charge in [0.25, 0.3) is 6.26 Å². The van der Waals surface area contributed by atoms with E-state index in [2.05, 4.69) is 0 Å². The first-order valence-corrected chi connectivity index (χ1v) is 0.447. The maximum atomic E-state index is 6.88. The molecule has 0 atom stereocenters. The summed E-state index contributed by atoms with van der Waals surface area (Å²) in [5.74, 6) is 0. The smallest absolute Gasteiger partial charge is 0.283 e. The molecule has 4 heavy (non-hydrogen) atoms. The summed E-state index contributed by atoms with van der Waals surface area (Å²) in [5.41, 5.74) is 0. The van der Waals surface area contributed by atoms with Crippen LogP contribution in [0, 0.1) is 11.5 Å². The fourth-order valence-corrected chi connectivity index (χ4v) is 0. The minimum absolute atomic E-state index is 0. The Balaban J connectivity index is 0. The SMILES string of the molecule is N#CO.[Au]. The number of nitriles is 1. The predicted molar refractivity (Wildman–Crippen MR) is 7.55 cm³/mol. The first-order valence-electron chi connectivity index (χ1n) is 0.447. The van der Waals surface area contributed by atoms with Gasteiger partial charge in [-0.1, -0.05) is 0 Å². The molecule has 1 radical (unpaired) electrons. The maximum Gasteiger partial charge on any atom is 0.283 e. The Bertz CT molecular complexity index is 29.5. The molecule has 0 fully saturated rings. The first-order chi connectivity index (χ1) is 1.41. The van der Waals surface area contributed by atoms with Crippen molar-refractivity contribution in [3.8, 4) is 6.26 Å². The van der Waals surface area contributed by atoms with E-state index in [0.29, 0.717) is 0 Å². The van der Waals surface area contributed by atoms with E-state index in [1.165, 1.54) is 0 Å². The van der Waals surface area contributed by atoms with Gasteiger partial charge in [-0.3, -0.25) is 0 Å². The zero-order valence-corrected chi connectivity index (χ0v) is 3.86. The van der Waals surface area contributed by atoms with Crippen LogP contribution in [0.25, 0.3) is 0 Å². The van der Waals surface area contributed by atoms with Crippen molar-refractivity contribution in [1.82, 2.24) is 0 Å². The van der Waals surface area contributed by atoms with Crippen molar-refractivity contribution in [2.24, 2.45) is 0 Å². The van der Waals surface area contributed by atoms with Crippen LogP contribution < -0.4 is 0 Å². The van der Waals surface area contributed by atoms with Crippen molar-refractivity contribution in [3.05, 3.63) is 0 Å². The minimum Gasteiger partial charge on any atom is -0.443 e. The van der Waals surface area contributed by atoms with Crippen LogP contribution in [0.4, 0.5) is 0 Å². The summed E-state index contributed by atoms with van der Waals surface area (Å²) in [6, 6.07) is 0. The molecule has 27 valence electrons. The molecule has 0 rings (SSSR count). The molecule has 0 aromatic heterocycles. The van der Waals surface area contributed by atoms with E-state index in [-0.39, 0.29) is 22.4 Å². The average Bonchev–Trinajstić information content (AvgIpc) is 0.918. The minimum atomic E-state index is 0. The average molecular weight is 240 g/mol. The van der Waals surface area contributed by atoms with Gasteiger partial charge in [-0.05, 0) is 0 Å². The molecule has 0 aromatic rings. The monoisotopic (exact) mass is 240 g/mol.